The van der Waals surface area contributed by atoms with Crippen molar-refractivity contribution in [3.05, 3.63) is 23.8 Å². The van der Waals surface area contributed by atoms with Crippen LogP contribution in [0.2, 0.25) is 0 Å². The second kappa shape index (κ2) is 5.59. The summed E-state index contributed by atoms with van der Waals surface area (Å²) in [7, 11) is 0. The number of carbonyl (C=O) groups excluding carboxylic acids is 1. The minimum Gasteiger partial charge on any atom is -0.384 e. The van der Waals surface area contributed by atoms with Gasteiger partial charge >= 0.3 is 0 Å². The van der Waals surface area contributed by atoms with Crippen molar-refractivity contribution in [2.45, 2.75) is 25.4 Å². The average molecular weight is 269 g/mol. The maximum Gasteiger partial charge on any atom is 0.253 e. The topological polar surface area (TPSA) is 50.4 Å². The zero-order valence-corrected chi connectivity index (χ0v) is 10.9. The number of anilines is 2. The Morgan fingerprint density at radius 1 is 1.44 bits per heavy atom. The summed E-state index contributed by atoms with van der Waals surface area (Å²) in [5.74, 6) is -0.0200. The summed E-state index contributed by atoms with van der Waals surface area (Å²) in [6, 6.07) is 6.00. The molecule has 2 aliphatic heterocycles. The summed E-state index contributed by atoms with van der Waals surface area (Å²) in [5.41, 5.74) is 3.32. The van der Waals surface area contributed by atoms with Crippen LogP contribution in [0.25, 0.3) is 0 Å². The molecule has 1 amide bonds. The number of amides is 1. The summed E-state index contributed by atoms with van der Waals surface area (Å²) >= 11 is 0. The van der Waals surface area contributed by atoms with Gasteiger partial charge in [0.15, 0.2) is 0 Å². The van der Waals surface area contributed by atoms with Crippen LogP contribution < -0.4 is 10.6 Å². The minimum absolute atomic E-state index is 0. The molecule has 0 radical (unpaired) electrons. The van der Waals surface area contributed by atoms with E-state index in [9.17, 15) is 4.79 Å². The van der Waals surface area contributed by atoms with Crippen LogP contribution in [0.5, 0.6) is 0 Å². The van der Waals surface area contributed by atoms with E-state index in [4.69, 9.17) is 4.74 Å². The Kier molecular flexibility index (Phi) is 4.09. The van der Waals surface area contributed by atoms with Crippen LogP contribution in [0, 0.1) is 0 Å². The summed E-state index contributed by atoms with van der Waals surface area (Å²) < 4.78 is 5.36. The molecule has 0 unspecified atom stereocenters. The highest BCUT2D eigenvalue weighted by molar-refractivity contribution is 5.94. The Bertz CT molecular complexity index is 445. The Morgan fingerprint density at radius 3 is 3.11 bits per heavy atom. The third-order valence-corrected chi connectivity index (χ3v) is 3.30. The molecule has 2 heterocycles. The van der Waals surface area contributed by atoms with E-state index < -0.39 is 0 Å². The highest BCUT2D eigenvalue weighted by Gasteiger charge is 2.23. The van der Waals surface area contributed by atoms with Gasteiger partial charge in [0, 0.05) is 24.5 Å². The van der Waals surface area contributed by atoms with Gasteiger partial charge in [0.25, 0.3) is 5.91 Å². The van der Waals surface area contributed by atoms with E-state index in [-0.39, 0.29) is 24.4 Å². The predicted octanol–water partition coefficient (Wildman–Crippen LogP) is 2.19. The molecular formula is C13H17ClN2O2. The fourth-order valence-electron chi connectivity index (χ4n) is 2.39. The Hall–Kier alpha value is -1.26. The normalized spacial score (nSPS) is 20.8. The van der Waals surface area contributed by atoms with E-state index in [2.05, 4.69) is 10.6 Å². The van der Waals surface area contributed by atoms with Gasteiger partial charge in [0.2, 0.25) is 0 Å². The minimum atomic E-state index is -0.263. The van der Waals surface area contributed by atoms with Crippen molar-refractivity contribution in [2.24, 2.45) is 0 Å². The van der Waals surface area contributed by atoms with E-state index >= 15 is 0 Å². The Balaban J connectivity index is 0.00000120. The highest BCUT2D eigenvalue weighted by atomic mass is 35.5. The van der Waals surface area contributed by atoms with Crippen molar-refractivity contribution in [1.29, 1.82) is 0 Å². The maximum atomic E-state index is 11.9. The van der Waals surface area contributed by atoms with Gasteiger partial charge in [-0.05, 0) is 43.0 Å². The molecule has 2 aliphatic rings. The number of carbonyl (C=O) groups is 1. The fraction of sp³-hybridized carbons (Fsp3) is 0.462. The second-order valence-electron chi connectivity index (χ2n) is 4.54. The molecule has 1 aromatic carbocycles. The van der Waals surface area contributed by atoms with Crippen LogP contribution in [-0.2, 0) is 16.0 Å². The molecule has 0 saturated carbocycles. The van der Waals surface area contributed by atoms with Gasteiger partial charge in [0.1, 0.15) is 6.10 Å². The average Bonchev–Trinajstić information content (AvgIpc) is 2.99. The number of nitrogens with one attached hydrogen (secondary N) is 2. The maximum absolute atomic E-state index is 11.9. The Morgan fingerprint density at radius 2 is 2.33 bits per heavy atom. The number of rotatable bonds is 2. The molecule has 1 atom stereocenters. The number of ether oxygens (including phenoxy) is 1. The third kappa shape index (κ3) is 2.60. The lowest BCUT2D eigenvalue weighted by Gasteiger charge is -2.11. The van der Waals surface area contributed by atoms with Gasteiger partial charge in [-0.2, -0.15) is 0 Å². The molecular weight excluding hydrogens is 252 g/mol. The highest BCUT2D eigenvalue weighted by Crippen LogP contribution is 2.25. The fourth-order valence-corrected chi connectivity index (χ4v) is 2.39. The van der Waals surface area contributed by atoms with Crippen molar-refractivity contribution in [3.63, 3.8) is 0 Å². The molecule has 4 nitrogen and oxygen atoms in total. The first-order valence-electron chi connectivity index (χ1n) is 6.12. The molecule has 3 rings (SSSR count). The quantitative estimate of drug-likeness (QED) is 0.865. The summed E-state index contributed by atoms with van der Waals surface area (Å²) in [6.45, 7) is 1.69. The molecule has 98 valence electrons. The van der Waals surface area contributed by atoms with Crippen LogP contribution in [0.15, 0.2) is 18.2 Å². The zero-order chi connectivity index (χ0) is 11.7. The van der Waals surface area contributed by atoms with Crippen LogP contribution in [0.3, 0.4) is 0 Å². The third-order valence-electron chi connectivity index (χ3n) is 3.30. The number of hydrogen-bond acceptors (Lipinski definition) is 3. The molecule has 1 fully saturated rings. The van der Waals surface area contributed by atoms with Crippen molar-refractivity contribution < 1.29 is 9.53 Å². The molecule has 18 heavy (non-hydrogen) atoms. The summed E-state index contributed by atoms with van der Waals surface area (Å²) in [4.78, 5) is 11.9. The largest absolute Gasteiger partial charge is 0.384 e. The van der Waals surface area contributed by atoms with Crippen molar-refractivity contribution in [1.82, 2.24) is 0 Å². The Labute approximate surface area is 113 Å². The lowest BCUT2D eigenvalue weighted by molar-refractivity contribution is -0.124. The van der Waals surface area contributed by atoms with Crippen molar-refractivity contribution in [2.75, 3.05) is 23.8 Å². The first kappa shape index (κ1) is 13.2. The smallest absolute Gasteiger partial charge is 0.253 e. The van der Waals surface area contributed by atoms with E-state index in [1.165, 1.54) is 11.3 Å². The lowest BCUT2D eigenvalue weighted by Crippen LogP contribution is -2.26. The van der Waals surface area contributed by atoms with Gasteiger partial charge in [-0.3, -0.25) is 4.79 Å². The summed E-state index contributed by atoms with van der Waals surface area (Å²) in [6.07, 6.45) is 2.57. The number of hydrogen-bond donors (Lipinski definition) is 2. The standard InChI is InChI=1S/C13H16N2O2.ClH/c16-13(12-2-1-7-17-12)15-10-3-4-11-9(8-10)5-6-14-11;/h3-4,8,12,14H,1-2,5-7H2,(H,15,16);1H/t12-;/m1./s1. The lowest BCUT2D eigenvalue weighted by atomic mass is 10.1. The van der Waals surface area contributed by atoms with Crippen LogP contribution in [0.1, 0.15) is 18.4 Å². The first-order valence-corrected chi connectivity index (χ1v) is 6.12. The molecule has 1 saturated heterocycles. The first-order chi connectivity index (χ1) is 8.33. The van der Waals surface area contributed by atoms with Gasteiger partial charge in [0.05, 0.1) is 0 Å². The van der Waals surface area contributed by atoms with E-state index in [1.807, 2.05) is 18.2 Å². The predicted molar refractivity (Wildman–Crippen MR) is 73.5 cm³/mol. The molecule has 1 aromatic rings. The SMILES string of the molecule is Cl.O=C(Nc1ccc2c(c1)CCN2)[C@H]1CCCO1. The molecule has 2 N–H and O–H groups in total. The van der Waals surface area contributed by atoms with E-state index in [0.29, 0.717) is 6.61 Å². The van der Waals surface area contributed by atoms with Gasteiger partial charge in [-0.25, -0.2) is 0 Å². The number of fused-ring (bicyclic) bond motifs is 1. The summed E-state index contributed by atoms with van der Waals surface area (Å²) in [5, 5.41) is 6.22. The monoisotopic (exact) mass is 268 g/mol. The molecule has 0 aliphatic carbocycles. The zero-order valence-electron chi connectivity index (χ0n) is 10.1. The van der Waals surface area contributed by atoms with Crippen molar-refractivity contribution >= 4 is 29.7 Å². The molecule has 0 bridgehead atoms. The number of halogens is 1. The molecule has 5 heteroatoms. The number of benzene rings is 1. The second-order valence-corrected chi connectivity index (χ2v) is 4.54. The van der Waals surface area contributed by atoms with E-state index in [0.717, 1.165) is 31.5 Å². The van der Waals surface area contributed by atoms with E-state index in [1.54, 1.807) is 0 Å². The van der Waals surface area contributed by atoms with Crippen LogP contribution in [0.4, 0.5) is 11.4 Å². The van der Waals surface area contributed by atoms with Crippen LogP contribution >= 0.6 is 12.4 Å². The van der Waals surface area contributed by atoms with Crippen molar-refractivity contribution in [3.8, 4) is 0 Å². The van der Waals surface area contributed by atoms with Gasteiger partial charge in [-0.15, -0.1) is 12.4 Å². The van der Waals surface area contributed by atoms with Gasteiger partial charge < -0.3 is 15.4 Å². The molecule has 0 spiro atoms. The van der Waals surface area contributed by atoms with Gasteiger partial charge in [-0.1, -0.05) is 0 Å². The molecule has 0 aromatic heterocycles. The van der Waals surface area contributed by atoms with Crippen LogP contribution in [-0.4, -0.2) is 25.2 Å².